The van der Waals surface area contributed by atoms with Gasteiger partial charge in [0.25, 0.3) is 0 Å². The smallest absolute Gasteiger partial charge is 0.226 e. The summed E-state index contributed by atoms with van der Waals surface area (Å²) in [5.74, 6) is 0.937. The van der Waals surface area contributed by atoms with Crippen molar-refractivity contribution in [3.05, 3.63) is 84.4 Å². The van der Waals surface area contributed by atoms with Gasteiger partial charge in [-0.1, -0.05) is 30.3 Å². The van der Waals surface area contributed by atoms with Gasteiger partial charge in [-0.25, -0.2) is 0 Å². The number of anilines is 2. The van der Waals surface area contributed by atoms with E-state index in [0.29, 0.717) is 22.7 Å². The average molecular weight is 399 g/mol. The summed E-state index contributed by atoms with van der Waals surface area (Å²) < 4.78 is 5.77. The Morgan fingerprint density at radius 3 is 2.23 bits per heavy atom. The molecule has 0 aliphatic rings. The molecule has 0 fully saturated rings. The van der Waals surface area contributed by atoms with E-state index in [-0.39, 0.29) is 24.8 Å². The Hall–Kier alpha value is -4.11. The maximum atomic E-state index is 12.3. The summed E-state index contributed by atoms with van der Waals surface area (Å²) in [6.07, 6.45) is 0.0988. The maximum absolute atomic E-state index is 12.3. The van der Waals surface area contributed by atoms with Gasteiger partial charge in [0, 0.05) is 25.6 Å². The molecule has 0 radical (unpaired) electrons. The molecule has 6 heteroatoms. The Morgan fingerprint density at radius 2 is 1.57 bits per heavy atom. The third-order valence-corrected chi connectivity index (χ3v) is 4.39. The van der Waals surface area contributed by atoms with Crippen LogP contribution in [0.15, 0.2) is 78.9 Å². The second kappa shape index (κ2) is 9.89. The first-order chi connectivity index (χ1) is 14.6. The van der Waals surface area contributed by atoms with E-state index in [2.05, 4.69) is 5.32 Å². The van der Waals surface area contributed by atoms with E-state index < -0.39 is 0 Å². The minimum Gasteiger partial charge on any atom is -0.457 e. The van der Waals surface area contributed by atoms with Crippen molar-refractivity contribution in [1.29, 1.82) is 5.26 Å². The largest absolute Gasteiger partial charge is 0.457 e. The van der Waals surface area contributed by atoms with Crippen LogP contribution in [0.5, 0.6) is 11.5 Å². The van der Waals surface area contributed by atoms with E-state index in [0.717, 1.165) is 5.75 Å². The fourth-order valence-electron chi connectivity index (χ4n) is 2.90. The molecule has 3 rings (SSSR count). The molecule has 0 aromatic heterocycles. The van der Waals surface area contributed by atoms with Gasteiger partial charge in [0.1, 0.15) is 17.6 Å². The standard InChI is InChI=1S/C24H21N3O3/c1-18(28)27(16-15-24(29)26-23-10-6-5-7-19(23)17-25)20-11-13-22(14-12-20)30-21-8-3-2-4-9-21/h2-14H,15-16H2,1H3,(H,26,29). The molecule has 0 saturated heterocycles. The summed E-state index contributed by atoms with van der Waals surface area (Å²) in [6, 6.07) is 25.4. The van der Waals surface area contributed by atoms with Crippen LogP contribution in [0.25, 0.3) is 0 Å². The SMILES string of the molecule is CC(=O)N(CCC(=O)Nc1ccccc1C#N)c1ccc(Oc2ccccc2)cc1. The average Bonchev–Trinajstić information content (AvgIpc) is 2.76. The molecule has 0 aliphatic heterocycles. The molecule has 150 valence electrons. The summed E-state index contributed by atoms with van der Waals surface area (Å²) >= 11 is 0. The summed E-state index contributed by atoms with van der Waals surface area (Å²) in [5, 5.41) is 11.8. The van der Waals surface area contributed by atoms with Gasteiger partial charge in [0.05, 0.1) is 11.3 Å². The molecular formula is C24H21N3O3. The Balaban J connectivity index is 1.62. The number of rotatable bonds is 7. The van der Waals surface area contributed by atoms with Crippen molar-refractivity contribution in [3.63, 3.8) is 0 Å². The summed E-state index contributed by atoms with van der Waals surface area (Å²) in [4.78, 5) is 26.0. The molecule has 1 N–H and O–H groups in total. The molecule has 2 amide bonds. The number of para-hydroxylation sites is 2. The van der Waals surface area contributed by atoms with Gasteiger partial charge < -0.3 is 15.0 Å². The molecule has 0 spiro atoms. The van der Waals surface area contributed by atoms with Gasteiger partial charge in [-0.2, -0.15) is 5.26 Å². The highest BCUT2D eigenvalue weighted by Gasteiger charge is 2.14. The molecule has 0 heterocycles. The second-order valence-electron chi connectivity index (χ2n) is 6.54. The van der Waals surface area contributed by atoms with Crippen molar-refractivity contribution >= 4 is 23.2 Å². The Labute approximate surface area is 175 Å². The molecule has 3 aromatic rings. The molecule has 6 nitrogen and oxygen atoms in total. The van der Waals surface area contributed by atoms with Crippen molar-refractivity contribution in [2.24, 2.45) is 0 Å². The molecule has 0 aliphatic carbocycles. The Kier molecular flexibility index (Phi) is 6.80. The quantitative estimate of drug-likeness (QED) is 0.622. The summed E-state index contributed by atoms with van der Waals surface area (Å²) in [5.41, 5.74) is 1.53. The van der Waals surface area contributed by atoms with Crippen LogP contribution in [0.3, 0.4) is 0 Å². The lowest BCUT2D eigenvalue weighted by atomic mass is 10.2. The number of ether oxygens (including phenoxy) is 1. The fraction of sp³-hybridized carbons (Fsp3) is 0.125. The monoisotopic (exact) mass is 399 g/mol. The van der Waals surface area contributed by atoms with Gasteiger partial charge in [0.15, 0.2) is 0 Å². The van der Waals surface area contributed by atoms with Crippen LogP contribution >= 0.6 is 0 Å². The van der Waals surface area contributed by atoms with Gasteiger partial charge in [0.2, 0.25) is 11.8 Å². The fourth-order valence-corrected chi connectivity index (χ4v) is 2.90. The highest BCUT2D eigenvalue weighted by atomic mass is 16.5. The normalized spacial score (nSPS) is 10.0. The summed E-state index contributed by atoms with van der Waals surface area (Å²) in [6.45, 7) is 1.67. The van der Waals surface area contributed by atoms with Crippen molar-refractivity contribution in [2.45, 2.75) is 13.3 Å². The zero-order chi connectivity index (χ0) is 21.3. The van der Waals surface area contributed by atoms with Gasteiger partial charge in [-0.15, -0.1) is 0 Å². The van der Waals surface area contributed by atoms with E-state index >= 15 is 0 Å². The number of nitriles is 1. The number of amides is 2. The van der Waals surface area contributed by atoms with Crippen molar-refractivity contribution < 1.29 is 14.3 Å². The zero-order valence-electron chi connectivity index (χ0n) is 16.5. The van der Waals surface area contributed by atoms with Crippen molar-refractivity contribution in [2.75, 3.05) is 16.8 Å². The molecule has 3 aromatic carbocycles. The summed E-state index contributed by atoms with van der Waals surface area (Å²) in [7, 11) is 0. The van der Waals surface area contributed by atoms with Crippen LogP contribution in [0, 0.1) is 11.3 Å². The molecular weight excluding hydrogens is 378 g/mol. The van der Waals surface area contributed by atoms with E-state index in [1.807, 2.05) is 36.4 Å². The lowest BCUT2D eigenvalue weighted by Crippen LogP contribution is -2.32. The number of benzene rings is 3. The number of carbonyl (C=O) groups excluding carboxylic acids is 2. The Bertz CT molecular complexity index is 1060. The maximum Gasteiger partial charge on any atom is 0.226 e. The number of carbonyl (C=O) groups is 2. The van der Waals surface area contributed by atoms with Crippen molar-refractivity contribution in [1.82, 2.24) is 0 Å². The van der Waals surface area contributed by atoms with E-state index in [1.165, 1.54) is 11.8 Å². The molecule has 0 unspecified atom stereocenters. The zero-order valence-corrected chi connectivity index (χ0v) is 16.5. The second-order valence-corrected chi connectivity index (χ2v) is 6.54. The van der Waals surface area contributed by atoms with E-state index in [9.17, 15) is 9.59 Å². The van der Waals surface area contributed by atoms with Gasteiger partial charge >= 0.3 is 0 Å². The topological polar surface area (TPSA) is 82.4 Å². The number of nitrogens with one attached hydrogen (secondary N) is 1. The molecule has 0 bridgehead atoms. The minimum absolute atomic E-state index is 0.0988. The third kappa shape index (κ3) is 5.46. The highest BCUT2D eigenvalue weighted by Crippen LogP contribution is 2.24. The molecule has 0 atom stereocenters. The van der Waals surface area contributed by atoms with Gasteiger partial charge in [-0.05, 0) is 48.5 Å². The van der Waals surface area contributed by atoms with Crippen LogP contribution in [-0.2, 0) is 9.59 Å². The number of nitrogens with zero attached hydrogens (tertiary/aromatic N) is 2. The van der Waals surface area contributed by atoms with E-state index in [4.69, 9.17) is 10.00 Å². The first-order valence-corrected chi connectivity index (χ1v) is 9.47. The van der Waals surface area contributed by atoms with Crippen LogP contribution in [0.2, 0.25) is 0 Å². The lowest BCUT2D eigenvalue weighted by molar-refractivity contribution is -0.117. The van der Waals surface area contributed by atoms with Crippen LogP contribution < -0.4 is 15.0 Å². The number of hydrogen-bond donors (Lipinski definition) is 1. The van der Waals surface area contributed by atoms with Crippen LogP contribution in [0.1, 0.15) is 18.9 Å². The first-order valence-electron chi connectivity index (χ1n) is 9.47. The first kappa shape index (κ1) is 20.6. The predicted molar refractivity (Wildman–Crippen MR) is 115 cm³/mol. The molecule has 30 heavy (non-hydrogen) atoms. The van der Waals surface area contributed by atoms with Crippen LogP contribution in [-0.4, -0.2) is 18.4 Å². The van der Waals surface area contributed by atoms with E-state index in [1.54, 1.807) is 48.5 Å². The molecule has 0 saturated carbocycles. The highest BCUT2D eigenvalue weighted by molar-refractivity contribution is 5.95. The van der Waals surface area contributed by atoms with Gasteiger partial charge in [-0.3, -0.25) is 9.59 Å². The minimum atomic E-state index is -0.270. The Morgan fingerprint density at radius 1 is 0.933 bits per heavy atom. The predicted octanol–water partition coefficient (Wildman–Crippen LogP) is 4.73. The van der Waals surface area contributed by atoms with Crippen LogP contribution in [0.4, 0.5) is 11.4 Å². The third-order valence-electron chi connectivity index (χ3n) is 4.39. The lowest BCUT2D eigenvalue weighted by Gasteiger charge is -2.21. The van der Waals surface area contributed by atoms with Crippen molar-refractivity contribution in [3.8, 4) is 17.6 Å². The number of hydrogen-bond acceptors (Lipinski definition) is 4.